The zero-order valence-electron chi connectivity index (χ0n) is 13.1. The minimum Gasteiger partial charge on any atom is -0.305 e. The second kappa shape index (κ2) is 9.68. The molecule has 0 spiro atoms. The molecule has 1 aromatic rings. The van der Waals surface area contributed by atoms with Gasteiger partial charge in [-0.05, 0) is 31.0 Å². The van der Waals surface area contributed by atoms with Gasteiger partial charge in [-0.3, -0.25) is 9.78 Å². The number of ketones is 1. The Bertz CT molecular complexity index is 347. The Hall–Kier alpha value is -1.22. The Morgan fingerprint density at radius 2 is 1.68 bits per heavy atom. The number of rotatable bonds is 5. The summed E-state index contributed by atoms with van der Waals surface area (Å²) in [7, 11) is 0. The zero-order valence-corrected chi connectivity index (χ0v) is 13.1. The highest BCUT2D eigenvalue weighted by Gasteiger charge is 2.15. The topological polar surface area (TPSA) is 42.0 Å². The summed E-state index contributed by atoms with van der Waals surface area (Å²) in [5, 5.41) is 3.17. The highest BCUT2D eigenvalue weighted by Crippen LogP contribution is 1.99. The molecule has 0 bridgehead atoms. The second-order valence-corrected chi connectivity index (χ2v) is 5.31. The number of hydrogen-bond acceptors (Lipinski definition) is 3. The number of carbonyl (C=O) groups excluding carboxylic acids is 1. The molecule has 108 valence electrons. The highest BCUT2D eigenvalue weighted by atomic mass is 16.1. The molecule has 19 heavy (non-hydrogen) atoms. The first-order valence-electron chi connectivity index (χ1n) is 7.07. The normalized spacial score (nSPS) is 12.0. The number of aryl methyl sites for hydroxylation is 1. The molecular weight excluding hydrogens is 236 g/mol. The third-order valence-corrected chi connectivity index (χ3v) is 2.74. The standard InChI is InChI=1S/C9H19NO.C7H9N/c1-6(2)9(11)8(5)10-7(3)4;1-2-7-3-5-8-6-4-7/h6-8,10H,1-5H3;3-6H,2H2,1H3. The van der Waals surface area contributed by atoms with Crippen LogP contribution in [0.4, 0.5) is 0 Å². The molecule has 1 atom stereocenters. The Morgan fingerprint density at radius 1 is 1.16 bits per heavy atom. The van der Waals surface area contributed by atoms with E-state index in [-0.39, 0.29) is 12.0 Å². The van der Waals surface area contributed by atoms with Crippen molar-refractivity contribution in [3.63, 3.8) is 0 Å². The van der Waals surface area contributed by atoms with Crippen molar-refractivity contribution in [2.45, 2.75) is 60.0 Å². The molecule has 0 aliphatic carbocycles. The van der Waals surface area contributed by atoms with E-state index in [1.807, 2.05) is 59.1 Å². The SMILES string of the molecule is CC(C)NC(C)C(=O)C(C)C.CCc1ccncc1. The zero-order chi connectivity index (χ0) is 14.8. The van der Waals surface area contributed by atoms with E-state index in [0.29, 0.717) is 11.8 Å². The molecule has 0 fully saturated rings. The van der Waals surface area contributed by atoms with Gasteiger partial charge in [0.1, 0.15) is 0 Å². The van der Waals surface area contributed by atoms with E-state index in [2.05, 4.69) is 17.2 Å². The van der Waals surface area contributed by atoms with Crippen molar-refractivity contribution < 1.29 is 4.79 Å². The number of Topliss-reactive ketones (excluding diaryl/α,β-unsaturated/α-hetero) is 1. The number of carbonyl (C=O) groups is 1. The van der Waals surface area contributed by atoms with Crippen LogP contribution in [0.25, 0.3) is 0 Å². The quantitative estimate of drug-likeness (QED) is 0.887. The molecule has 3 heteroatoms. The van der Waals surface area contributed by atoms with E-state index < -0.39 is 0 Å². The van der Waals surface area contributed by atoms with Crippen molar-refractivity contribution in [1.82, 2.24) is 10.3 Å². The Kier molecular flexibility index (Phi) is 9.06. The van der Waals surface area contributed by atoms with Gasteiger partial charge < -0.3 is 5.32 Å². The maximum absolute atomic E-state index is 11.3. The summed E-state index contributed by atoms with van der Waals surface area (Å²) in [4.78, 5) is 15.2. The lowest BCUT2D eigenvalue weighted by Crippen LogP contribution is -2.40. The van der Waals surface area contributed by atoms with Crippen molar-refractivity contribution in [2.75, 3.05) is 0 Å². The van der Waals surface area contributed by atoms with Gasteiger partial charge in [0, 0.05) is 24.4 Å². The molecule has 0 aliphatic heterocycles. The van der Waals surface area contributed by atoms with E-state index in [0.717, 1.165) is 6.42 Å². The first-order chi connectivity index (χ1) is 8.88. The van der Waals surface area contributed by atoms with E-state index in [1.165, 1.54) is 5.56 Å². The smallest absolute Gasteiger partial charge is 0.151 e. The molecule has 0 amide bonds. The molecule has 1 rings (SSSR count). The molecule has 3 nitrogen and oxygen atoms in total. The van der Waals surface area contributed by atoms with Crippen molar-refractivity contribution in [2.24, 2.45) is 5.92 Å². The number of aromatic nitrogens is 1. The minimum absolute atomic E-state index is 0.00463. The van der Waals surface area contributed by atoms with Crippen LogP contribution in [0.1, 0.15) is 47.1 Å². The van der Waals surface area contributed by atoms with Crippen LogP contribution in [-0.2, 0) is 11.2 Å². The predicted octanol–water partition coefficient (Wildman–Crippen LogP) is 3.24. The lowest BCUT2D eigenvalue weighted by Gasteiger charge is -2.17. The first-order valence-corrected chi connectivity index (χ1v) is 7.07. The summed E-state index contributed by atoms with van der Waals surface area (Å²) in [5.74, 6) is 0.426. The summed E-state index contributed by atoms with van der Waals surface area (Å²) in [6.45, 7) is 12.0. The van der Waals surface area contributed by atoms with Gasteiger partial charge >= 0.3 is 0 Å². The maximum atomic E-state index is 11.3. The molecule has 0 radical (unpaired) electrons. The Labute approximate surface area is 117 Å². The van der Waals surface area contributed by atoms with Gasteiger partial charge in [-0.1, -0.05) is 34.6 Å². The number of hydrogen-bond donors (Lipinski definition) is 1. The average Bonchev–Trinajstić information content (AvgIpc) is 2.38. The fraction of sp³-hybridized carbons (Fsp3) is 0.625. The van der Waals surface area contributed by atoms with E-state index in [4.69, 9.17) is 0 Å². The third-order valence-electron chi connectivity index (χ3n) is 2.74. The Balaban J connectivity index is 0.000000356. The highest BCUT2D eigenvalue weighted by molar-refractivity contribution is 5.85. The summed E-state index contributed by atoms with van der Waals surface area (Å²) in [6, 6.07) is 4.43. The monoisotopic (exact) mass is 264 g/mol. The van der Waals surface area contributed by atoms with Crippen molar-refractivity contribution >= 4 is 5.78 Å². The van der Waals surface area contributed by atoms with Crippen LogP contribution in [0.15, 0.2) is 24.5 Å². The molecule has 1 unspecified atom stereocenters. The molecule has 0 saturated carbocycles. The largest absolute Gasteiger partial charge is 0.305 e. The molecule has 0 aliphatic rings. The number of nitrogens with one attached hydrogen (secondary N) is 1. The molecular formula is C16H28N2O. The molecule has 1 heterocycles. The van der Waals surface area contributed by atoms with Gasteiger partial charge in [0.25, 0.3) is 0 Å². The fourth-order valence-corrected chi connectivity index (χ4v) is 1.70. The van der Waals surface area contributed by atoms with Crippen LogP contribution in [0, 0.1) is 5.92 Å². The maximum Gasteiger partial charge on any atom is 0.151 e. The Morgan fingerprint density at radius 3 is 2.00 bits per heavy atom. The van der Waals surface area contributed by atoms with Crippen LogP contribution in [-0.4, -0.2) is 22.9 Å². The van der Waals surface area contributed by atoms with Gasteiger partial charge in [0.05, 0.1) is 6.04 Å². The number of pyridine rings is 1. The van der Waals surface area contributed by atoms with Crippen LogP contribution >= 0.6 is 0 Å². The van der Waals surface area contributed by atoms with Crippen LogP contribution in [0.5, 0.6) is 0 Å². The molecule has 1 N–H and O–H groups in total. The summed E-state index contributed by atoms with van der Waals surface area (Å²) >= 11 is 0. The van der Waals surface area contributed by atoms with Crippen molar-refractivity contribution in [3.05, 3.63) is 30.1 Å². The van der Waals surface area contributed by atoms with Crippen LogP contribution in [0.2, 0.25) is 0 Å². The van der Waals surface area contributed by atoms with Crippen LogP contribution < -0.4 is 5.32 Å². The van der Waals surface area contributed by atoms with Gasteiger partial charge in [-0.15, -0.1) is 0 Å². The van der Waals surface area contributed by atoms with E-state index in [9.17, 15) is 4.79 Å². The van der Waals surface area contributed by atoms with Gasteiger partial charge in [0.15, 0.2) is 5.78 Å². The molecule has 0 saturated heterocycles. The van der Waals surface area contributed by atoms with Crippen LogP contribution in [0.3, 0.4) is 0 Å². The summed E-state index contributed by atoms with van der Waals surface area (Å²) < 4.78 is 0. The molecule has 1 aromatic heterocycles. The second-order valence-electron chi connectivity index (χ2n) is 5.31. The fourth-order valence-electron chi connectivity index (χ4n) is 1.70. The molecule has 0 aromatic carbocycles. The van der Waals surface area contributed by atoms with Crippen molar-refractivity contribution in [3.8, 4) is 0 Å². The van der Waals surface area contributed by atoms with Gasteiger partial charge in [-0.2, -0.15) is 0 Å². The lowest BCUT2D eigenvalue weighted by molar-refractivity contribution is -0.123. The predicted molar refractivity (Wildman–Crippen MR) is 81.2 cm³/mol. The third kappa shape index (κ3) is 8.49. The first kappa shape index (κ1) is 17.8. The summed E-state index contributed by atoms with van der Waals surface area (Å²) in [6.07, 6.45) is 4.74. The van der Waals surface area contributed by atoms with Gasteiger partial charge in [0.2, 0.25) is 0 Å². The minimum atomic E-state index is -0.00463. The van der Waals surface area contributed by atoms with Crippen molar-refractivity contribution in [1.29, 1.82) is 0 Å². The van der Waals surface area contributed by atoms with Gasteiger partial charge in [-0.25, -0.2) is 0 Å². The lowest BCUT2D eigenvalue weighted by atomic mass is 10.0. The summed E-state index contributed by atoms with van der Waals surface area (Å²) in [5.41, 5.74) is 1.35. The van der Waals surface area contributed by atoms with E-state index >= 15 is 0 Å². The number of nitrogens with zero attached hydrogens (tertiary/aromatic N) is 1. The average molecular weight is 264 g/mol. The van der Waals surface area contributed by atoms with E-state index in [1.54, 1.807) is 0 Å².